The molecule has 0 spiro atoms. The average molecular weight is 410 g/mol. The third-order valence-corrected chi connectivity index (χ3v) is 4.59. The van der Waals surface area contributed by atoms with E-state index in [1.807, 2.05) is 6.07 Å². The van der Waals surface area contributed by atoms with Crippen LogP contribution in [0.1, 0.15) is 5.56 Å². The summed E-state index contributed by atoms with van der Waals surface area (Å²) >= 11 is 18.1. The monoisotopic (exact) mass is 408 g/mol. The maximum Gasteiger partial charge on any atom is 0.266 e. The van der Waals surface area contributed by atoms with Gasteiger partial charge in [-0.1, -0.05) is 40.9 Å². The van der Waals surface area contributed by atoms with Crippen LogP contribution in [-0.2, 0) is 4.79 Å². The Morgan fingerprint density at radius 3 is 2.69 bits per heavy atom. The number of hydrogen-bond acceptors (Lipinski definition) is 4. The average Bonchev–Trinajstić information content (AvgIpc) is 2.63. The summed E-state index contributed by atoms with van der Waals surface area (Å²) in [5.74, 6) is 0.289. The van der Waals surface area contributed by atoms with Gasteiger partial charge in [-0.3, -0.25) is 4.79 Å². The van der Waals surface area contributed by atoms with Crippen LogP contribution >= 0.6 is 34.8 Å². The lowest BCUT2D eigenvalue weighted by Crippen LogP contribution is -2.16. The minimum Gasteiger partial charge on any atom is -0.486 e. The van der Waals surface area contributed by atoms with Gasteiger partial charge in [0.2, 0.25) is 0 Å². The highest BCUT2D eigenvalue weighted by atomic mass is 35.5. The first-order valence-electron chi connectivity index (χ1n) is 7.46. The molecule has 5 nitrogen and oxygen atoms in total. The van der Waals surface area contributed by atoms with Crippen LogP contribution < -0.4 is 14.8 Å². The normalized spacial score (nSPS) is 13.1. The molecule has 1 aliphatic rings. The molecule has 1 heterocycles. The van der Waals surface area contributed by atoms with E-state index in [-0.39, 0.29) is 10.6 Å². The van der Waals surface area contributed by atoms with Crippen molar-refractivity contribution < 1.29 is 14.3 Å². The van der Waals surface area contributed by atoms with Crippen LogP contribution in [0.15, 0.2) is 35.9 Å². The number of carbonyl (C=O) groups excluding carboxylic acids is 1. The molecule has 0 radical (unpaired) electrons. The Morgan fingerprint density at radius 2 is 1.92 bits per heavy atom. The van der Waals surface area contributed by atoms with E-state index >= 15 is 0 Å². The number of benzene rings is 2. The lowest BCUT2D eigenvalue weighted by Gasteiger charge is -2.19. The predicted octanol–water partition coefficient (Wildman–Crippen LogP) is 4.96. The zero-order valence-electron chi connectivity index (χ0n) is 13.2. The zero-order chi connectivity index (χ0) is 18.7. The highest BCUT2D eigenvalue weighted by molar-refractivity contribution is 6.44. The van der Waals surface area contributed by atoms with Gasteiger partial charge in [-0.05, 0) is 35.9 Å². The second kappa shape index (κ2) is 7.88. The van der Waals surface area contributed by atoms with E-state index in [1.54, 1.807) is 30.3 Å². The maximum atomic E-state index is 12.4. The Bertz CT molecular complexity index is 951. The summed E-state index contributed by atoms with van der Waals surface area (Å²) in [6.45, 7) is 0.809. The Labute approximate surface area is 164 Å². The molecule has 1 aliphatic heterocycles. The molecule has 0 unspecified atom stereocenters. The van der Waals surface area contributed by atoms with E-state index in [2.05, 4.69) is 5.32 Å². The van der Waals surface area contributed by atoms with Gasteiger partial charge in [-0.2, -0.15) is 5.26 Å². The van der Waals surface area contributed by atoms with Crippen molar-refractivity contribution in [3.8, 4) is 17.6 Å². The van der Waals surface area contributed by atoms with Crippen LogP contribution in [0, 0.1) is 11.3 Å². The molecule has 2 aromatic rings. The quantitative estimate of drug-likeness (QED) is 0.574. The Balaban J connectivity index is 1.89. The van der Waals surface area contributed by atoms with Gasteiger partial charge in [-0.15, -0.1) is 0 Å². The fourth-order valence-electron chi connectivity index (χ4n) is 2.32. The Kier molecular flexibility index (Phi) is 5.58. The van der Waals surface area contributed by atoms with Crippen molar-refractivity contribution in [1.82, 2.24) is 0 Å². The SMILES string of the molecule is N#C/C(=C\c1cc(Cl)c2c(c1)OCCO2)C(=O)Nc1cccc(Cl)c1Cl. The van der Waals surface area contributed by atoms with Gasteiger partial charge in [-0.25, -0.2) is 0 Å². The van der Waals surface area contributed by atoms with E-state index in [0.29, 0.717) is 46.0 Å². The topological polar surface area (TPSA) is 71.3 Å². The molecule has 0 fully saturated rings. The minimum absolute atomic E-state index is 0.131. The van der Waals surface area contributed by atoms with Gasteiger partial charge in [0.15, 0.2) is 11.5 Å². The Hall–Kier alpha value is -2.39. The number of halogens is 3. The maximum absolute atomic E-state index is 12.4. The van der Waals surface area contributed by atoms with Crippen LogP contribution in [0.2, 0.25) is 15.1 Å². The van der Waals surface area contributed by atoms with Crippen molar-refractivity contribution in [3.63, 3.8) is 0 Å². The summed E-state index contributed by atoms with van der Waals surface area (Å²) in [5, 5.41) is 12.7. The smallest absolute Gasteiger partial charge is 0.266 e. The molecule has 0 aliphatic carbocycles. The molecule has 8 heteroatoms. The van der Waals surface area contributed by atoms with Crippen molar-refractivity contribution in [2.75, 3.05) is 18.5 Å². The fourth-order valence-corrected chi connectivity index (χ4v) is 2.94. The van der Waals surface area contributed by atoms with Crippen molar-refractivity contribution in [1.29, 1.82) is 5.26 Å². The molecule has 1 amide bonds. The van der Waals surface area contributed by atoms with Crippen LogP contribution in [-0.4, -0.2) is 19.1 Å². The van der Waals surface area contributed by atoms with E-state index in [1.165, 1.54) is 6.08 Å². The van der Waals surface area contributed by atoms with Gasteiger partial charge >= 0.3 is 0 Å². The fraction of sp³-hybridized carbons (Fsp3) is 0.111. The van der Waals surface area contributed by atoms with Crippen molar-refractivity contribution in [3.05, 3.63) is 56.5 Å². The van der Waals surface area contributed by atoms with E-state index in [0.717, 1.165) is 0 Å². The molecule has 0 atom stereocenters. The van der Waals surface area contributed by atoms with Gasteiger partial charge in [0.1, 0.15) is 24.9 Å². The number of ether oxygens (including phenoxy) is 2. The summed E-state index contributed by atoms with van der Waals surface area (Å²) in [7, 11) is 0. The van der Waals surface area contributed by atoms with E-state index in [9.17, 15) is 10.1 Å². The molecule has 1 N–H and O–H groups in total. The first kappa shape index (κ1) is 18.4. The predicted molar refractivity (Wildman–Crippen MR) is 101 cm³/mol. The van der Waals surface area contributed by atoms with Crippen LogP contribution in [0.25, 0.3) is 6.08 Å². The van der Waals surface area contributed by atoms with Gasteiger partial charge in [0, 0.05) is 0 Å². The number of carbonyl (C=O) groups is 1. The largest absolute Gasteiger partial charge is 0.486 e. The Morgan fingerprint density at radius 1 is 1.15 bits per heavy atom. The highest BCUT2D eigenvalue weighted by Crippen LogP contribution is 2.39. The number of nitrogens with one attached hydrogen (secondary N) is 1. The first-order chi connectivity index (χ1) is 12.5. The van der Waals surface area contributed by atoms with E-state index < -0.39 is 5.91 Å². The number of nitriles is 1. The van der Waals surface area contributed by atoms with Gasteiger partial charge in [0.25, 0.3) is 5.91 Å². The summed E-state index contributed by atoms with van der Waals surface area (Å²) in [6, 6.07) is 9.92. The molecule has 0 aromatic heterocycles. The molecule has 132 valence electrons. The summed E-state index contributed by atoms with van der Waals surface area (Å²) in [4.78, 5) is 12.4. The summed E-state index contributed by atoms with van der Waals surface area (Å²) < 4.78 is 10.9. The second-order valence-corrected chi connectivity index (χ2v) is 6.44. The zero-order valence-corrected chi connectivity index (χ0v) is 15.5. The van der Waals surface area contributed by atoms with E-state index in [4.69, 9.17) is 44.3 Å². The van der Waals surface area contributed by atoms with Crippen LogP contribution in [0.4, 0.5) is 5.69 Å². The summed E-state index contributed by atoms with van der Waals surface area (Å²) in [5.41, 5.74) is 0.711. The molecule has 0 bridgehead atoms. The van der Waals surface area contributed by atoms with Crippen LogP contribution in [0.3, 0.4) is 0 Å². The molecular formula is C18H11Cl3N2O3. The highest BCUT2D eigenvalue weighted by Gasteiger charge is 2.18. The third-order valence-electron chi connectivity index (χ3n) is 3.50. The second-order valence-electron chi connectivity index (χ2n) is 5.25. The van der Waals surface area contributed by atoms with Crippen molar-refractivity contribution >= 4 is 52.5 Å². The minimum atomic E-state index is -0.623. The van der Waals surface area contributed by atoms with Crippen molar-refractivity contribution in [2.24, 2.45) is 0 Å². The number of fused-ring (bicyclic) bond motifs is 1. The molecular weight excluding hydrogens is 399 g/mol. The molecule has 26 heavy (non-hydrogen) atoms. The number of anilines is 1. The lowest BCUT2D eigenvalue weighted by atomic mass is 10.1. The summed E-state index contributed by atoms with van der Waals surface area (Å²) in [6.07, 6.45) is 1.40. The van der Waals surface area contributed by atoms with Crippen molar-refractivity contribution in [2.45, 2.75) is 0 Å². The molecule has 0 saturated heterocycles. The number of amides is 1. The molecule has 0 saturated carbocycles. The molecule has 3 rings (SSSR count). The van der Waals surface area contributed by atoms with Gasteiger partial charge in [0.05, 0.1) is 20.8 Å². The number of nitrogens with zero attached hydrogens (tertiary/aromatic N) is 1. The number of hydrogen-bond donors (Lipinski definition) is 1. The lowest BCUT2D eigenvalue weighted by molar-refractivity contribution is -0.112. The van der Waals surface area contributed by atoms with Crippen LogP contribution in [0.5, 0.6) is 11.5 Å². The third kappa shape index (κ3) is 3.88. The number of rotatable bonds is 3. The molecule has 2 aromatic carbocycles. The standard InChI is InChI=1S/C18H11Cl3N2O3/c19-12-2-1-3-14(16(12)21)23-18(24)11(9-22)6-10-7-13(20)17-15(8-10)25-4-5-26-17/h1-3,6-8H,4-5H2,(H,23,24)/b11-6+. The van der Waals surface area contributed by atoms with Gasteiger partial charge < -0.3 is 14.8 Å². The first-order valence-corrected chi connectivity index (χ1v) is 8.59.